The van der Waals surface area contributed by atoms with Crippen molar-refractivity contribution in [2.45, 2.75) is 33.4 Å². The summed E-state index contributed by atoms with van der Waals surface area (Å²) in [6.45, 7) is 5.13. The van der Waals surface area contributed by atoms with E-state index in [2.05, 4.69) is 21.6 Å². The molecule has 2 rings (SSSR count). The molecule has 0 unspecified atom stereocenters. The number of hydrogen-bond acceptors (Lipinski definition) is 4. The molecule has 2 N–H and O–H groups in total. The SMILES string of the molecule is CCc1nccn1Cc1c(CN)noc1C. The first-order chi connectivity index (χ1) is 7.76. The molecule has 0 saturated carbocycles. The van der Waals surface area contributed by atoms with Crippen LogP contribution in [0.15, 0.2) is 16.9 Å². The highest BCUT2D eigenvalue weighted by atomic mass is 16.5. The van der Waals surface area contributed by atoms with Gasteiger partial charge in [-0.25, -0.2) is 4.98 Å². The lowest BCUT2D eigenvalue weighted by Crippen LogP contribution is -2.08. The van der Waals surface area contributed by atoms with Gasteiger partial charge in [0.15, 0.2) is 0 Å². The van der Waals surface area contributed by atoms with E-state index in [9.17, 15) is 0 Å². The van der Waals surface area contributed by atoms with Crippen molar-refractivity contribution in [2.75, 3.05) is 0 Å². The summed E-state index contributed by atoms with van der Waals surface area (Å²) < 4.78 is 7.24. The third kappa shape index (κ3) is 1.86. The maximum atomic E-state index is 5.62. The van der Waals surface area contributed by atoms with Crippen LogP contribution in [0.5, 0.6) is 0 Å². The van der Waals surface area contributed by atoms with Crippen molar-refractivity contribution in [1.82, 2.24) is 14.7 Å². The molecular weight excluding hydrogens is 204 g/mol. The molecule has 0 spiro atoms. The Morgan fingerprint density at radius 3 is 3.00 bits per heavy atom. The molecule has 16 heavy (non-hydrogen) atoms. The fraction of sp³-hybridized carbons (Fsp3) is 0.455. The van der Waals surface area contributed by atoms with Crippen molar-refractivity contribution in [1.29, 1.82) is 0 Å². The van der Waals surface area contributed by atoms with Crippen LogP contribution in [-0.4, -0.2) is 14.7 Å². The second kappa shape index (κ2) is 4.49. The smallest absolute Gasteiger partial charge is 0.138 e. The van der Waals surface area contributed by atoms with E-state index in [0.717, 1.165) is 35.8 Å². The Balaban J connectivity index is 2.29. The van der Waals surface area contributed by atoms with Gasteiger partial charge in [-0.05, 0) is 6.92 Å². The number of aryl methyl sites for hydroxylation is 2. The predicted octanol–water partition coefficient (Wildman–Crippen LogP) is 1.25. The van der Waals surface area contributed by atoms with Crippen molar-refractivity contribution in [2.24, 2.45) is 5.73 Å². The molecule has 2 aromatic heterocycles. The van der Waals surface area contributed by atoms with Gasteiger partial charge in [0.25, 0.3) is 0 Å². The largest absolute Gasteiger partial charge is 0.361 e. The third-order valence-corrected chi connectivity index (χ3v) is 2.71. The fourth-order valence-corrected chi connectivity index (χ4v) is 1.77. The molecule has 0 atom stereocenters. The Labute approximate surface area is 94.3 Å². The number of imidazole rings is 1. The van der Waals surface area contributed by atoms with Gasteiger partial charge in [0, 0.05) is 30.9 Å². The van der Waals surface area contributed by atoms with Gasteiger partial charge >= 0.3 is 0 Å². The van der Waals surface area contributed by atoms with Crippen LogP contribution >= 0.6 is 0 Å². The summed E-state index contributed by atoms with van der Waals surface area (Å²) in [5, 5.41) is 3.94. The molecule has 5 nitrogen and oxygen atoms in total. The van der Waals surface area contributed by atoms with Gasteiger partial charge in [-0.1, -0.05) is 12.1 Å². The van der Waals surface area contributed by atoms with Crippen molar-refractivity contribution >= 4 is 0 Å². The van der Waals surface area contributed by atoms with Gasteiger partial charge in [0.1, 0.15) is 17.3 Å². The topological polar surface area (TPSA) is 69.9 Å². The van der Waals surface area contributed by atoms with Crippen LogP contribution in [0.2, 0.25) is 0 Å². The molecule has 2 heterocycles. The van der Waals surface area contributed by atoms with Crippen LogP contribution in [-0.2, 0) is 19.5 Å². The minimum atomic E-state index is 0.406. The number of rotatable bonds is 4. The molecule has 0 amide bonds. The van der Waals surface area contributed by atoms with Crippen molar-refractivity contribution in [3.05, 3.63) is 35.2 Å². The number of nitrogens with zero attached hydrogens (tertiary/aromatic N) is 3. The van der Waals surface area contributed by atoms with Crippen molar-refractivity contribution in [3.8, 4) is 0 Å². The van der Waals surface area contributed by atoms with E-state index in [1.807, 2.05) is 19.3 Å². The minimum absolute atomic E-state index is 0.406. The number of nitrogens with two attached hydrogens (primary N) is 1. The zero-order valence-corrected chi connectivity index (χ0v) is 9.60. The number of hydrogen-bond donors (Lipinski definition) is 1. The lowest BCUT2D eigenvalue weighted by atomic mass is 10.2. The summed E-state index contributed by atoms with van der Waals surface area (Å²) in [6, 6.07) is 0. The van der Waals surface area contributed by atoms with Crippen LogP contribution in [0.4, 0.5) is 0 Å². The highest BCUT2D eigenvalue weighted by Gasteiger charge is 2.12. The molecule has 0 saturated heterocycles. The second-order valence-corrected chi connectivity index (χ2v) is 3.69. The van der Waals surface area contributed by atoms with Gasteiger partial charge in [0.2, 0.25) is 0 Å². The van der Waals surface area contributed by atoms with Crippen LogP contribution in [0, 0.1) is 6.92 Å². The van der Waals surface area contributed by atoms with Crippen LogP contribution in [0.1, 0.15) is 29.8 Å². The van der Waals surface area contributed by atoms with Gasteiger partial charge in [-0.15, -0.1) is 0 Å². The molecule has 0 aliphatic rings. The van der Waals surface area contributed by atoms with Crippen LogP contribution in [0.25, 0.3) is 0 Å². The van der Waals surface area contributed by atoms with E-state index < -0.39 is 0 Å². The second-order valence-electron chi connectivity index (χ2n) is 3.69. The molecule has 0 radical (unpaired) electrons. The maximum absolute atomic E-state index is 5.62. The summed E-state index contributed by atoms with van der Waals surface area (Å²) in [6.07, 6.45) is 4.69. The Hall–Kier alpha value is -1.62. The predicted molar refractivity (Wildman–Crippen MR) is 59.8 cm³/mol. The van der Waals surface area contributed by atoms with Crippen LogP contribution in [0.3, 0.4) is 0 Å². The van der Waals surface area contributed by atoms with E-state index in [1.165, 1.54) is 0 Å². The van der Waals surface area contributed by atoms with E-state index in [0.29, 0.717) is 6.54 Å². The molecule has 0 bridgehead atoms. The molecule has 0 aliphatic heterocycles. The molecule has 0 fully saturated rings. The molecule has 2 aromatic rings. The first-order valence-corrected chi connectivity index (χ1v) is 5.40. The first-order valence-electron chi connectivity index (χ1n) is 5.40. The highest BCUT2D eigenvalue weighted by Crippen LogP contribution is 2.15. The summed E-state index contributed by atoms with van der Waals surface area (Å²) in [5.41, 5.74) is 7.51. The van der Waals surface area contributed by atoms with Gasteiger partial charge in [-0.3, -0.25) is 0 Å². The lowest BCUT2D eigenvalue weighted by molar-refractivity contribution is 0.389. The Bertz CT molecular complexity index is 472. The standard InChI is InChI=1S/C11H16N4O/c1-3-11-13-4-5-15(11)7-9-8(2)16-14-10(9)6-12/h4-5H,3,6-7,12H2,1-2H3. The van der Waals surface area contributed by atoms with E-state index >= 15 is 0 Å². The average molecular weight is 220 g/mol. The Kier molecular flexibility index (Phi) is 3.05. The molecule has 86 valence electrons. The van der Waals surface area contributed by atoms with Crippen LogP contribution < -0.4 is 5.73 Å². The monoisotopic (exact) mass is 220 g/mol. The Morgan fingerprint density at radius 1 is 1.50 bits per heavy atom. The Morgan fingerprint density at radius 2 is 2.31 bits per heavy atom. The number of aromatic nitrogens is 3. The maximum Gasteiger partial charge on any atom is 0.138 e. The van der Waals surface area contributed by atoms with Crippen molar-refractivity contribution in [3.63, 3.8) is 0 Å². The summed E-state index contributed by atoms with van der Waals surface area (Å²) >= 11 is 0. The van der Waals surface area contributed by atoms with E-state index in [-0.39, 0.29) is 0 Å². The highest BCUT2D eigenvalue weighted by molar-refractivity contribution is 5.22. The fourth-order valence-electron chi connectivity index (χ4n) is 1.77. The summed E-state index contributed by atoms with van der Waals surface area (Å²) in [4.78, 5) is 4.28. The molecule has 5 heteroatoms. The zero-order valence-electron chi connectivity index (χ0n) is 9.60. The average Bonchev–Trinajstić information content (AvgIpc) is 2.87. The van der Waals surface area contributed by atoms with E-state index in [4.69, 9.17) is 10.3 Å². The molecular formula is C11H16N4O. The summed E-state index contributed by atoms with van der Waals surface area (Å²) in [7, 11) is 0. The summed E-state index contributed by atoms with van der Waals surface area (Å²) in [5.74, 6) is 1.89. The van der Waals surface area contributed by atoms with Gasteiger partial charge in [-0.2, -0.15) is 0 Å². The van der Waals surface area contributed by atoms with Gasteiger partial charge < -0.3 is 14.8 Å². The molecule has 0 aliphatic carbocycles. The van der Waals surface area contributed by atoms with E-state index in [1.54, 1.807) is 0 Å². The minimum Gasteiger partial charge on any atom is -0.361 e. The normalized spacial score (nSPS) is 10.9. The zero-order chi connectivity index (χ0) is 11.5. The quantitative estimate of drug-likeness (QED) is 0.841. The van der Waals surface area contributed by atoms with Crippen molar-refractivity contribution < 1.29 is 4.52 Å². The first kappa shape index (κ1) is 10.9. The van der Waals surface area contributed by atoms with Gasteiger partial charge in [0.05, 0.1) is 6.54 Å². The molecule has 0 aromatic carbocycles. The third-order valence-electron chi connectivity index (χ3n) is 2.71. The lowest BCUT2D eigenvalue weighted by Gasteiger charge is -2.06.